The molecule has 3 heterocycles. The molecule has 22 heavy (non-hydrogen) atoms. The zero-order valence-electron chi connectivity index (χ0n) is 12.4. The van der Waals surface area contributed by atoms with Gasteiger partial charge in [-0.15, -0.1) is 0 Å². The average Bonchev–Trinajstić information content (AvgIpc) is 3.01. The minimum Gasteiger partial charge on any atom is -0.276 e. The van der Waals surface area contributed by atoms with Gasteiger partial charge in [-0.05, 0) is 37.3 Å². The molecule has 1 fully saturated rings. The standard InChI is InChI=1S/C14H19N5O2S/c1-22(20,21)19-6-2-3-11(9-19)7-12-8-14(16-10-15-12)13-4-5-17-18-13/h4-5,8,10-11H,2-3,6-7,9H2,1H3,(H,17,18)/t11-/m1/s1. The molecule has 0 aromatic carbocycles. The van der Waals surface area contributed by atoms with Gasteiger partial charge < -0.3 is 0 Å². The Hall–Kier alpha value is -1.80. The second-order valence-electron chi connectivity index (χ2n) is 5.70. The lowest BCUT2D eigenvalue weighted by molar-refractivity contribution is 0.265. The Labute approximate surface area is 129 Å². The molecule has 2 aromatic heterocycles. The van der Waals surface area contributed by atoms with Crippen LogP contribution in [0.1, 0.15) is 18.5 Å². The van der Waals surface area contributed by atoms with Gasteiger partial charge in [0.15, 0.2) is 0 Å². The van der Waals surface area contributed by atoms with E-state index >= 15 is 0 Å². The van der Waals surface area contributed by atoms with Crippen LogP contribution in [0.25, 0.3) is 11.4 Å². The number of aromatic amines is 1. The third-order valence-corrected chi connectivity index (χ3v) is 5.22. The van der Waals surface area contributed by atoms with Gasteiger partial charge in [-0.2, -0.15) is 5.10 Å². The Bertz CT molecular complexity index is 729. The van der Waals surface area contributed by atoms with Gasteiger partial charge in [-0.3, -0.25) is 5.10 Å². The van der Waals surface area contributed by atoms with E-state index in [0.29, 0.717) is 19.0 Å². The monoisotopic (exact) mass is 321 g/mol. The largest absolute Gasteiger partial charge is 0.276 e. The Kier molecular flexibility index (Phi) is 4.21. The molecule has 1 N–H and O–H groups in total. The highest BCUT2D eigenvalue weighted by atomic mass is 32.2. The molecule has 0 aliphatic carbocycles. The van der Waals surface area contributed by atoms with Gasteiger partial charge in [0.25, 0.3) is 0 Å². The predicted octanol–water partition coefficient (Wildman–Crippen LogP) is 1.08. The molecule has 3 rings (SSSR count). The first-order chi connectivity index (χ1) is 10.5. The Balaban J connectivity index is 1.72. The number of H-pyrrole nitrogens is 1. The van der Waals surface area contributed by atoms with E-state index in [1.165, 1.54) is 6.26 Å². The summed E-state index contributed by atoms with van der Waals surface area (Å²) in [5, 5.41) is 6.81. The number of nitrogens with zero attached hydrogens (tertiary/aromatic N) is 4. The number of hydrogen-bond acceptors (Lipinski definition) is 5. The Morgan fingerprint density at radius 1 is 1.41 bits per heavy atom. The lowest BCUT2D eigenvalue weighted by Crippen LogP contribution is -2.39. The first kappa shape index (κ1) is 15.1. The normalized spacial score (nSPS) is 20.1. The highest BCUT2D eigenvalue weighted by Gasteiger charge is 2.26. The van der Waals surface area contributed by atoms with Crippen LogP contribution in [0.15, 0.2) is 24.7 Å². The van der Waals surface area contributed by atoms with Gasteiger partial charge in [-0.1, -0.05) is 0 Å². The van der Waals surface area contributed by atoms with E-state index in [4.69, 9.17) is 0 Å². The number of sulfonamides is 1. The third-order valence-electron chi connectivity index (χ3n) is 3.95. The van der Waals surface area contributed by atoms with Crippen molar-refractivity contribution in [2.75, 3.05) is 19.3 Å². The van der Waals surface area contributed by atoms with Crippen LogP contribution in [0, 0.1) is 5.92 Å². The van der Waals surface area contributed by atoms with E-state index in [9.17, 15) is 8.42 Å². The minimum atomic E-state index is -3.11. The molecule has 1 aliphatic rings. The van der Waals surface area contributed by atoms with Gasteiger partial charge in [0.2, 0.25) is 10.0 Å². The van der Waals surface area contributed by atoms with Gasteiger partial charge in [-0.25, -0.2) is 22.7 Å². The van der Waals surface area contributed by atoms with Gasteiger partial charge in [0, 0.05) is 25.0 Å². The quantitative estimate of drug-likeness (QED) is 0.910. The molecule has 0 spiro atoms. The maximum Gasteiger partial charge on any atom is 0.211 e. The molecule has 0 unspecified atom stereocenters. The van der Waals surface area contributed by atoms with Crippen molar-refractivity contribution in [2.45, 2.75) is 19.3 Å². The summed E-state index contributed by atoms with van der Waals surface area (Å²) in [6.45, 7) is 1.20. The van der Waals surface area contributed by atoms with Crippen LogP contribution in [0.2, 0.25) is 0 Å². The molecule has 0 radical (unpaired) electrons. The van der Waals surface area contributed by atoms with Crippen LogP contribution in [0.5, 0.6) is 0 Å². The fourth-order valence-corrected chi connectivity index (χ4v) is 3.79. The summed E-state index contributed by atoms with van der Waals surface area (Å²) in [6.07, 6.45) is 7.18. The zero-order valence-corrected chi connectivity index (χ0v) is 13.3. The van der Waals surface area contributed by atoms with Crippen LogP contribution in [0.3, 0.4) is 0 Å². The maximum absolute atomic E-state index is 11.7. The number of piperidine rings is 1. The van der Waals surface area contributed by atoms with E-state index in [-0.39, 0.29) is 0 Å². The van der Waals surface area contributed by atoms with E-state index in [1.54, 1.807) is 16.8 Å². The van der Waals surface area contributed by atoms with Crippen molar-refractivity contribution in [1.82, 2.24) is 24.5 Å². The second-order valence-corrected chi connectivity index (χ2v) is 7.68. The zero-order chi connectivity index (χ0) is 15.6. The number of hydrogen-bond donors (Lipinski definition) is 1. The fourth-order valence-electron chi connectivity index (χ4n) is 2.85. The van der Waals surface area contributed by atoms with E-state index in [1.807, 2.05) is 12.1 Å². The molecule has 1 saturated heterocycles. The maximum atomic E-state index is 11.7. The molecule has 1 aliphatic heterocycles. The summed E-state index contributed by atoms with van der Waals surface area (Å²) < 4.78 is 24.9. The Morgan fingerprint density at radius 2 is 2.27 bits per heavy atom. The van der Waals surface area contributed by atoms with Gasteiger partial charge in [0.1, 0.15) is 6.33 Å². The number of nitrogens with one attached hydrogen (secondary N) is 1. The van der Waals surface area contributed by atoms with Crippen molar-refractivity contribution in [3.05, 3.63) is 30.4 Å². The van der Waals surface area contributed by atoms with Gasteiger partial charge >= 0.3 is 0 Å². The number of aromatic nitrogens is 4. The van der Waals surface area contributed by atoms with Crippen molar-refractivity contribution in [3.8, 4) is 11.4 Å². The van der Waals surface area contributed by atoms with Crippen LogP contribution in [0.4, 0.5) is 0 Å². The topological polar surface area (TPSA) is 91.8 Å². The van der Waals surface area contributed by atoms with E-state index < -0.39 is 10.0 Å². The lowest BCUT2D eigenvalue weighted by atomic mass is 9.94. The molecular formula is C14H19N5O2S. The summed E-state index contributed by atoms with van der Waals surface area (Å²) in [4.78, 5) is 8.56. The lowest BCUT2D eigenvalue weighted by Gasteiger charge is -2.30. The SMILES string of the molecule is CS(=O)(=O)N1CCC[C@H](Cc2cc(-c3ccn[nH]3)ncn2)C1. The average molecular weight is 321 g/mol. The molecule has 1 atom stereocenters. The Morgan fingerprint density at radius 3 is 3.00 bits per heavy atom. The van der Waals surface area contributed by atoms with E-state index in [0.717, 1.165) is 36.3 Å². The summed E-state index contributed by atoms with van der Waals surface area (Å²) >= 11 is 0. The molecule has 0 amide bonds. The van der Waals surface area contributed by atoms with Crippen LogP contribution >= 0.6 is 0 Å². The van der Waals surface area contributed by atoms with Crippen LogP contribution < -0.4 is 0 Å². The summed E-state index contributed by atoms with van der Waals surface area (Å²) in [6, 6.07) is 3.80. The van der Waals surface area contributed by atoms with E-state index in [2.05, 4.69) is 20.2 Å². The molecule has 118 valence electrons. The molecule has 0 saturated carbocycles. The minimum absolute atomic E-state index is 0.299. The molecule has 2 aromatic rings. The molecular weight excluding hydrogens is 302 g/mol. The van der Waals surface area contributed by atoms with Crippen molar-refractivity contribution >= 4 is 10.0 Å². The van der Waals surface area contributed by atoms with Crippen molar-refractivity contribution in [2.24, 2.45) is 5.92 Å². The highest BCUT2D eigenvalue weighted by molar-refractivity contribution is 7.88. The first-order valence-electron chi connectivity index (χ1n) is 7.28. The van der Waals surface area contributed by atoms with Crippen LogP contribution in [-0.4, -0.2) is 52.2 Å². The second kappa shape index (κ2) is 6.13. The number of rotatable bonds is 4. The van der Waals surface area contributed by atoms with Crippen LogP contribution in [-0.2, 0) is 16.4 Å². The smallest absolute Gasteiger partial charge is 0.211 e. The van der Waals surface area contributed by atoms with Crippen molar-refractivity contribution in [3.63, 3.8) is 0 Å². The first-order valence-corrected chi connectivity index (χ1v) is 9.13. The van der Waals surface area contributed by atoms with Crippen molar-refractivity contribution in [1.29, 1.82) is 0 Å². The van der Waals surface area contributed by atoms with Crippen molar-refractivity contribution < 1.29 is 8.42 Å². The highest BCUT2D eigenvalue weighted by Crippen LogP contribution is 2.23. The molecule has 0 bridgehead atoms. The fraction of sp³-hybridized carbons (Fsp3) is 0.500. The van der Waals surface area contributed by atoms with Gasteiger partial charge in [0.05, 0.1) is 17.6 Å². The predicted molar refractivity (Wildman–Crippen MR) is 82.5 cm³/mol. The third kappa shape index (κ3) is 3.50. The molecule has 8 heteroatoms. The summed E-state index contributed by atoms with van der Waals surface area (Å²) in [5.41, 5.74) is 2.59. The summed E-state index contributed by atoms with van der Waals surface area (Å²) in [7, 11) is -3.11. The summed E-state index contributed by atoms with van der Waals surface area (Å²) in [5.74, 6) is 0.299. The molecule has 7 nitrogen and oxygen atoms in total.